The molecule has 130 valence electrons. The second-order valence-corrected chi connectivity index (χ2v) is 7.48. The van der Waals surface area contributed by atoms with Crippen LogP contribution >= 0.6 is 0 Å². The molecule has 3 heteroatoms. The van der Waals surface area contributed by atoms with Crippen LogP contribution in [-0.4, -0.2) is 18.8 Å². The average molecular weight is 336 g/mol. The van der Waals surface area contributed by atoms with Gasteiger partial charge in [-0.25, -0.2) is 4.39 Å². The molecule has 0 bridgehead atoms. The number of likely N-dealkylation sites (N-methyl/N-ethyl adjacent to an activating group) is 1. The molecule has 0 aromatic heterocycles. The molecule has 0 unspecified atom stereocenters. The monoisotopic (exact) mass is 336 g/mol. The number of hydrogen-bond donors (Lipinski definition) is 0. The minimum atomic E-state index is -0.246. The molecule has 0 saturated carbocycles. The molecule has 1 heterocycles. The van der Waals surface area contributed by atoms with E-state index in [2.05, 4.69) is 49.7 Å². The molecular weight excluding hydrogens is 311 g/mol. The van der Waals surface area contributed by atoms with Crippen molar-refractivity contribution in [2.45, 2.75) is 40.2 Å². The lowest BCUT2D eigenvalue weighted by molar-refractivity contribution is 0.589. The predicted octanol–water partition coefficient (Wildman–Crippen LogP) is 5.82. The molecule has 0 fully saturated rings. The first kappa shape index (κ1) is 17.4. The van der Waals surface area contributed by atoms with Crippen molar-refractivity contribution in [3.05, 3.63) is 64.5 Å². The van der Waals surface area contributed by atoms with Gasteiger partial charge in [0.2, 0.25) is 0 Å². The van der Waals surface area contributed by atoms with Gasteiger partial charge in [-0.15, -0.1) is 0 Å². The smallest absolute Gasteiger partial charge is 0.134 e. The highest BCUT2D eigenvalue weighted by Crippen LogP contribution is 2.38. The van der Waals surface area contributed by atoms with Crippen LogP contribution in [0.3, 0.4) is 0 Å². The predicted molar refractivity (Wildman–Crippen MR) is 106 cm³/mol. The number of nitrogens with zero attached hydrogens (tertiary/aromatic N) is 2. The third-order valence-electron chi connectivity index (χ3n) is 5.03. The summed E-state index contributed by atoms with van der Waals surface area (Å²) in [6.45, 7) is 10.4. The van der Waals surface area contributed by atoms with Gasteiger partial charge in [-0.2, -0.15) is 0 Å². The standard InChI is InChI=1S/C22H25FN2/c1-14-7-8-20(15(2)9-14)24-13-17-10-18-16(3)12-22(4,5)25(6)21(18)11-19(17)23/h7-13H,1-6H3. The first-order chi connectivity index (χ1) is 11.7. The summed E-state index contributed by atoms with van der Waals surface area (Å²) in [4.78, 5) is 6.62. The Morgan fingerprint density at radius 2 is 1.80 bits per heavy atom. The lowest BCUT2D eigenvalue weighted by Crippen LogP contribution is -2.42. The van der Waals surface area contributed by atoms with Crippen molar-refractivity contribution >= 4 is 23.2 Å². The number of aryl methyl sites for hydroxylation is 2. The van der Waals surface area contributed by atoms with Crippen molar-refractivity contribution in [2.75, 3.05) is 11.9 Å². The van der Waals surface area contributed by atoms with E-state index >= 15 is 0 Å². The fourth-order valence-electron chi connectivity index (χ4n) is 3.38. The first-order valence-electron chi connectivity index (χ1n) is 8.57. The van der Waals surface area contributed by atoms with Crippen molar-refractivity contribution in [2.24, 2.45) is 4.99 Å². The zero-order chi connectivity index (χ0) is 18.4. The van der Waals surface area contributed by atoms with Gasteiger partial charge in [0.25, 0.3) is 0 Å². The number of anilines is 1. The van der Waals surface area contributed by atoms with Crippen LogP contribution in [0.2, 0.25) is 0 Å². The van der Waals surface area contributed by atoms with Crippen LogP contribution in [0.4, 0.5) is 15.8 Å². The Balaban J connectivity index is 2.02. The van der Waals surface area contributed by atoms with Crippen LogP contribution in [-0.2, 0) is 0 Å². The van der Waals surface area contributed by atoms with E-state index in [0.717, 1.165) is 22.5 Å². The SMILES string of the molecule is CC1=CC(C)(C)N(C)c2cc(F)c(C=Nc3ccc(C)cc3C)cc21. The number of benzene rings is 2. The topological polar surface area (TPSA) is 15.6 Å². The third-order valence-corrected chi connectivity index (χ3v) is 5.03. The third kappa shape index (κ3) is 3.23. The van der Waals surface area contributed by atoms with E-state index < -0.39 is 0 Å². The van der Waals surface area contributed by atoms with E-state index in [1.165, 1.54) is 11.1 Å². The van der Waals surface area contributed by atoms with Gasteiger partial charge in [0.1, 0.15) is 5.82 Å². The zero-order valence-corrected chi connectivity index (χ0v) is 15.8. The quantitative estimate of drug-likeness (QED) is 0.630. The van der Waals surface area contributed by atoms with Crippen molar-refractivity contribution in [1.82, 2.24) is 0 Å². The number of aliphatic imine (C=N–C) groups is 1. The summed E-state index contributed by atoms with van der Waals surface area (Å²) < 4.78 is 14.7. The van der Waals surface area contributed by atoms with E-state index in [9.17, 15) is 4.39 Å². The molecule has 0 N–H and O–H groups in total. The molecule has 2 aromatic carbocycles. The van der Waals surface area contributed by atoms with Crippen LogP contribution in [0.5, 0.6) is 0 Å². The van der Waals surface area contributed by atoms with E-state index in [0.29, 0.717) is 5.56 Å². The number of fused-ring (bicyclic) bond motifs is 1. The Hall–Kier alpha value is -2.42. The van der Waals surface area contributed by atoms with Crippen LogP contribution in [0.25, 0.3) is 5.57 Å². The Bertz CT molecular complexity index is 891. The largest absolute Gasteiger partial charge is 0.365 e. The maximum absolute atomic E-state index is 14.7. The zero-order valence-electron chi connectivity index (χ0n) is 15.8. The highest BCUT2D eigenvalue weighted by Gasteiger charge is 2.29. The molecule has 0 amide bonds. The fraction of sp³-hybridized carbons (Fsp3) is 0.318. The van der Waals surface area contributed by atoms with Crippen LogP contribution in [0.15, 0.2) is 41.4 Å². The van der Waals surface area contributed by atoms with Crippen molar-refractivity contribution in [3.63, 3.8) is 0 Å². The van der Waals surface area contributed by atoms with E-state index in [-0.39, 0.29) is 11.4 Å². The van der Waals surface area contributed by atoms with Gasteiger partial charge >= 0.3 is 0 Å². The normalized spacial score (nSPS) is 16.1. The summed E-state index contributed by atoms with van der Waals surface area (Å²) >= 11 is 0. The van der Waals surface area contributed by atoms with Crippen LogP contribution < -0.4 is 4.90 Å². The summed E-state index contributed by atoms with van der Waals surface area (Å²) in [6.07, 6.45) is 3.85. The number of allylic oxidation sites excluding steroid dienone is 1. The van der Waals surface area contributed by atoms with Gasteiger partial charge in [0.05, 0.1) is 11.2 Å². The van der Waals surface area contributed by atoms with E-state index in [4.69, 9.17) is 0 Å². The Morgan fingerprint density at radius 1 is 1.08 bits per heavy atom. The molecule has 1 aliphatic rings. The maximum atomic E-state index is 14.7. The molecule has 1 aliphatic heterocycles. The van der Waals surface area contributed by atoms with Crippen molar-refractivity contribution in [1.29, 1.82) is 0 Å². The van der Waals surface area contributed by atoms with Gasteiger partial charge in [0.15, 0.2) is 0 Å². The lowest BCUT2D eigenvalue weighted by atomic mass is 9.88. The van der Waals surface area contributed by atoms with Gasteiger partial charge in [0, 0.05) is 30.1 Å². The molecule has 2 aromatic rings. The lowest BCUT2D eigenvalue weighted by Gasteiger charge is -2.40. The summed E-state index contributed by atoms with van der Waals surface area (Å²) in [5.74, 6) is -0.246. The molecule has 0 aliphatic carbocycles. The Morgan fingerprint density at radius 3 is 2.48 bits per heavy atom. The van der Waals surface area contributed by atoms with Gasteiger partial charge in [-0.3, -0.25) is 4.99 Å². The molecule has 0 spiro atoms. The van der Waals surface area contributed by atoms with Gasteiger partial charge in [-0.1, -0.05) is 23.8 Å². The van der Waals surface area contributed by atoms with Gasteiger partial charge in [-0.05, 0) is 64.0 Å². The molecule has 0 saturated heterocycles. The highest BCUT2D eigenvalue weighted by molar-refractivity contribution is 5.89. The fourth-order valence-corrected chi connectivity index (χ4v) is 3.38. The van der Waals surface area contributed by atoms with E-state index in [1.54, 1.807) is 12.3 Å². The van der Waals surface area contributed by atoms with Crippen LogP contribution in [0, 0.1) is 19.7 Å². The van der Waals surface area contributed by atoms with Crippen molar-refractivity contribution < 1.29 is 4.39 Å². The molecule has 2 nitrogen and oxygen atoms in total. The first-order valence-corrected chi connectivity index (χ1v) is 8.57. The molecule has 0 radical (unpaired) electrons. The summed E-state index contributed by atoms with van der Waals surface area (Å²) in [6, 6.07) is 9.60. The second kappa shape index (κ2) is 6.14. The summed E-state index contributed by atoms with van der Waals surface area (Å²) in [7, 11) is 2.00. The highest BCUT2D eigenvalue weighted by atomic mass is 19.1. The second-order valence-electron chi connectivity index (χ2n) is 7.48. The van der Waals surface area contributed by atoms with Gasteiger partial charge < -0.3 is 4.90 Å². The summed E-state index contributed by atoms with van der Waals surface area (Å²) in [5, 5.41) is 0. The Labute approximate surface area is 149 Å². The number of rotatable bonds is 2. The van der Waals surface area contributed by atoms with Crippen molar-refractivity contribution in [3.8, 4) is 0 Å². The molecule has 25 heavy (non-hydrogen) atoms. The van der Waals surface area contributed by atoms with Crippen LogP contribution in [0.1, 0.15) is 43.0 Å². The molecule has 3 rings (SSSR count). The Kier molecular flexibility index (Phi) is 4.28. The number of hydrogen-bond acceptors (Lipinski definition) is 2. The summed E-state index contributed by atoms with van der Waals surface area (Å²) in [5.41, 5.74) is 6.69. The minimum Gasteiger partial charge on any atom is -0.365 e. The molecule has 0 atom stereocenters. The van der Waals surface area contributed by atoms with E-state index in [1.807, 2.05) is 32.2 Å². The average Bonchev–Trinajstić information content (AvgIpc) is 2.52. The minimum absolute atomic E-state index is 0.127. The number of halogens is 1. The maximum Gasteiger partial charge on any atom is 0.134 e. The molecular formula is C22H25FN2.